The van der Waals surface area contributed by atoms with Crippen molar-refractivity contribution in [1.29, 1.82) is 0 Å². The monoisotopic (exact) mass is 509 g/mol. The lowest BCUT2D eigenvalue weighted by molar-refractivity contribution is -0.895. The molecule has 0 bridgehead atoms. The first-order valence-electron chi connectivity index (χ1n) is 12.7. The molecule has 1 unspecified atom stereocenters. The molecule has 2 aromatic rings. The first kappa shape index (κ1) is 26.5. The molecular formula is C28H35N3O6. The van der Waals surface area contributed by atoms with E-state index in [4.69, 9.17) is 9.47 Å². The minimum atomic E-state index is -1.17. The normalized spacial score (nSPS) is 21.5. The van der Waals surface area contributed by atoms with Gasteiger partial charge in [0.15, 0.2) is 0 Å². The lowest BCUT2D eigenvalue weighted by Gasteiger charge is -2.48. The second kappa shape index (κ2) is 10.8. The lowest BCUT2D eigenvalue weighted by Crippen LogP contribution is -2.69. The maximum atomic E-state index is 13.1. The molecule has 3 amide bonds. The summed E-state index contributed by atoms with van der Waals surface area (Å²) in [6, 6.07) is 14.4. The third-order valence-corrected chi connectivity index (χ3v) is 6.86. The van der Waals surface area contributed by atoms with Crippen LogP contribution in [0.25, 0.3) is 0 Å². The number of rotatable bonds is 6. The Morgan fingerprint density at radius 1 is 1.14 bits per heavy atom. The number of hydrogen-bond acceptors (Lipinski definition) is 6. The zero-order valence-electron chi connectivity index (χ0n) is 21.7. The summed E-state index contributed by atoms with van der Waals surface area (Å²) < 4.78 is 11.5. The van der Waals surface area contributed by atoms with Gasteiger partial charge in [0.05, 0.1) is 19.2 Å². The Kier molecular flexibility index (Phi) is 7.73. The molecule has 1 saturated heterocycles. The number of piperazine rings is 1. The van der Waals surface area contributed by atoms with E-state index in [-0.39, 0.29) is 43.2 Å². The third-order valence-electron chi connectivity index (χ3n) is 6.86. The topological polar surface area (TPSA) is 108 Å². The van der Waals surface area contributed by atoms with Gasteiger partial charge in [-0.1, -0.05) is 36.4 Å². The van der Waals surface area contributed by atoms with E-state index >= 15 is 0 Å². The number of hydrogen-bond donors (Lipinski definition) is 1. The average molecular weight is 510 g/mol. The zero-order chi connectivity index (χ0) is 26.6. The molecule has 2 aliphatic heterocycles. The van der Waals surface area contributed by atoms with Crippen molar-refractivity contribution in [2.24, 2.45) is 0 Å². The summed E-state index contributed by atoms with van der Waals surface area (Å²) in [6.45, 7) is 7.10. The fourth-order valence-electron chi connectivity index (χ4n) is 5.06. The minimum absolute atomic E-state index is 0.118. The summed E-state index contributed by atoms with van der Waals surface area (Å²) in [4.78, 5) is 39.4. The zero-order valence-corrected chi connectivity index (χ0v) is 21.7. The van der Waals surface area contributed by atoms with Crippen LogP contribution in [0.15, 0.2) is 48.5 Å². The van der Waals surface area contributed by atoms with Gasteiger partial charge in [0.25, 0.3) is 12.0 Å². The number of fused-ring (bicyclic) bond motifs is 1. The van der Waals surface area contributed by atoms with Crippen LogP contribution in [0.2, 0.25) is 0 Å². The molecular weight excluding hydrogens is 474 g/mol. The second-order valence-corrected chi connectivity index (χ2v) is 10.7. The van der Waals surface area contributed by atoms with E-state index in [9.17, 15) is 19.5 Å². The van der Waals surface area contributed by atoms with Crippen molar-refractivity contribution in [1.82, 2.24) is 10.2 Å². The number of amides is 3. The molecule has 1 N–H and O–H groups in total. The third kappa shape index (κ3) is 6.22. The summed E-state index contributed by atoms with van der Waals surface area (Å²) in [5, 5.41) is 15.3. The van der Waals surface area contributed by atoms with E-state index in [2.05, 4.69) is 5.32 Å². The van der Waals surface area contributed by atoms with Gasteiger partial charge in [-0.25, -0.2) is 4.79 Å². The van der Waals surface area contributed by atoms with Gasteiger partial charge >= 0.3 is 6.09 Å². The molecule has 37 heavy (non-hydrogen) atoms. The highest BCUT2D eigenvalue weighted by atomic mass is 16.6. The highest BCUT2D eigenvalue weighted by Crippen LogP contribution is 2.28. The molecule has 0 radical (unpaired) electrons. The Hall–Kier alpha value is -3.59. The molecule has 0 spiro atoms. The van der Waals surface area contributed by atoms with Gasteiger partial charge in [0, 0.05) is 29.7 Å². The van der Waals surface area contributed by atoms with Crippen LogP contribution in [-0.4, -0.2) is 71.9 Å². The van der Waals surface area contributed by atoms with E-state index in [1.165, 1.54) is 0 Å². The standard InChI is InChI=1S/C28H35N3O6/c1-28(2,3)37-26(33)30-15-16-31(27(34)35,18-20-8-5-4-6-9-20)19-21(30)13-17-36-24-11-7-10-23-22(24)12-14-29-25(23)32/h4-11,21H,12-19H2,1-3H3,(H-,29,32,34,35)/t21-,31?/m1/s1. The smallest absolute Gasteiger partial charge is 0.410 e. The Morgan fingerprint density at radius 2 is 1.89 bits per heavy atom. The molecule has 2 atom stereocenters. The van der Waals surface area contributed by atoms with E-state index in [0.29, 0.717) is 30.7 Å². The van der Waals surface area contributed by atoms with Gasteiger partial charge in [-0.05, 0) is 39.3 Å². The van der Waals surface area contributed by atoms with E-state index in [1.807, 2.05) is 36.4 Å². The summed E-state index contributed by atoms with van der Waals surface area (Å²) >= 11 is 0. The van der Waals surface area contributed by atoms with Crippen LogP contribution < -0.4 is 15.2 Å². The maximum absolute atomic E-state index is 13.1. The highest BCUT2D eigenvalue weighted by molar-refractivity contribution is 5.97. The van der Waals surface area contributed by atoms with E-state index in [1.54, 1.807) is 37.8 Å². The quantitative estimate of drug-likeness (QED) is 0.600. The molecule has 0 aromatic heterocycles. The molecule has 9 heteroatoms. The molecule has 2 aliphatic rings. The molecule has 198 valence electrons. The lowest BCUT2D eigenvalue weighted by atomic mass is 9.99. The molecule has 2 aromatic carbocycles. The fraction of sp³-hybridized carbons (Fsp3) is 0.464. The molecule has 2 heterocycles. The number of carbonyl (C=O) groups is 3. The predicted molar refractivity (Wildman–Crippen MR) is 135 cm³/mol. The number of ether oxygens (including phenoxy) is 2. The molecule has 0 saturated carbocycles. The SMILES string of the molecule is CC(C)(C)OC(=O)N1CC[N+](Cc2ccccc2)(C(=O)[O-])C[C@H]1CCOc1cccc2c1CCNC2=O. The van der Waals surface area contributed by atoms with Gasteiger partial charge in [-0.2, -0.15) is 0 Å². The second-order valence-electron chi connectivity index (χ2n) is 10.7. The van der Waals surface area contributed by atoms with Crippen LogP contribution in [-0.2, 0) is 17.7 Å². The van der Waals surface area contributed by atoms with Gasteiger partial charge < -0.3 is 24.7 Å². The van der Waals surface area contributed by atoms with Crippen molar-refractivity contribution >= 4 is 18.1 Å². The van der Waals surface area contributed by atoms with E-state index < -0.39 is 23.8 Å². The summed E-state index contributed by atoms with van der Waals surface area (Å²) in [5.41, 5.74) is 1.68. The minimum Gasteiger partial charge on any atom is -0.498 e. The Labute approximate surface area is 217 Å². The maximum Gasteiger partial charge on any atom is 0.410 e. The van der Waals surface area contributed by atoms with Crippen LogP contribution in [0.5, 0.6) is 5.75 Å². The van der Waals surface area contributed by atoms with Gasteiger partial charge in [-0.3, -0.25) is 14.2 Å². The van der Waals surface area contributed by atoms with Crippen molar-refractivity contribution in [3.05, 3.63) is 65.2 Å². The highest BCUT2D eigenvalue weighted by Gasteiger charge is 2.44. The first-order chi connectivity index (χ1) is 17.6. The molecule has 0 aliphatic carbocycles. The summed E-state index contributed by atoms with van der Waals surface area (Å²) in [5.74, 6) is 0.518. The van der Waals surface area contributed by atoms with E-state index in [0.717, 1.165) is 11.1 Å². The van der Waals surface area contributed by atoms with Crippen molar-refractivity contribution in [3.8, 4) is 5.75 Å². The van der Waals surface area contributed by atoms with Crippen LogP contribution in [0.4, 0.5) is 9.59 Å². The van der Waals surface area contributed by atoms with Crippen LogP contribution in [0.1, 0.15) is 48.7 Å². The van der Waals surface area contributed by atoms with Crippen molar-refractivity contribution in [3.63, 3.8) is 0 Å². The summed E-state index contributed by atoms with van der Waals surface area (Å²) in [6.07, 6.45) is -0.562. The average Bonchev–Trinajstić information content (AvgIpc) is 2.84. The van der Waals surface area contributed by atoms with Gasteiger partial charge in [-0.15, -0.1) is 0 Å². The fourth-order valence-corrected chi connectivity index (χ4v) is 5.06. The number of nitrogens with one attached hydrogen (secondary N) is 1. The largest absolute Gasteiger partial charge is 0.498 e. The summed E-state index contributed by atoms with van der Waals surface area (Å²) in [7, 11) is 0. The van der Waals surface area contributed by atoms with Crippen LogP contribution in [0, 0.1) is 0 Å². The number of carbonyl (C=O) groups excluding carboxylic acids is 3. The Balaban J connectivity index is 1.53. The van der Waals surface area contributed by atoms with Crippen LogP contribution in [0.3, 0.4) is 0 Å². The molecule has 1 fully saturated rings. The first-order valence-corrected chi connectivity index (χ1v) is 12.7. The molecule has 9 nitrogen and oxygen atoms in total. The predicted octanol–water partition coefficient (Wildman–Crippen LogP) is 2.72. The number of benzene rings is 2. The number of nitrogens with zero attached hydrogens (tertiary/aromatic N) is 2. The molecule has 4 rings (SSSR count). The van der Waals surface area contributed by atoms with Crippen molar-refractivity contribution < 1.29 is 33.4 Å². The van der Waals surface area contributed by atoms with Crippen LogP contribution >= 0.6 is 0 Å². The number of carboxylic acid groups (broad SMARTS) is 1. The number of quaternary nitrogens is 1. The Bertz CT molecular complexity index is 1150. The van der Waals surface area contributed by atoms with Crippen molar-refractivity contribution in [2.45, 2.75) is 51.8 Å². The van der Waals surface area contributed by atoms with Gasteiger partial charge in [0.2, 0.25) is 0 Å². The van der Waals surface area contributed by atoms with Crippen molar-refractivity contribution in [2.75, 3.05) is 32.8 Å². The van der Waals surface area contributed by atoms with Gasteiger partial charge in [0.1, 0.15) is 31.0 Å². The Morgan fingerprint density at radius 3 is 2.59 bits per heavy atom.